The van der Waals surface area contributed by atoms with E-state index in [1.807, 2.05) is 41.9 Å². The summed E-state index contributed by atoms with van der Waals surface area (Å²) in [5.74, 6) is 2.01. The van der Waals surface area contributed by atoms with Gasteiger partial charge >= 0.3 is 0 Å². The van der Waals surface area contributed by atoms with Gasteiger partial charge in [-0.1, -0.05) is 30.8 Å². The minimum absolute atomic E-state index is 0.244. The molecule has 0 bridgehead atoms. The average Bonchev–Trinajstić information content (AvgIpc) is 3.06. The molecule has 0 spiro atoms. The Morgan fingerprint density at radius 2 is 2.12 bits per heavy atom. The third kappa shape index (κ3) is 4.62. The quantitative estimate of drug-likeness (QED) is 0.615. The molecule has 0 amide bonds. The lowest BCUT2D eigenvalue weighted by Crippen LogP contribution is -2.20. The molecular weight excluding hydrogens is 348 g/mol. The minimum Gasteiger partial charge on any atom is -0.491 e. The number of aliphatic hydroxyl groups is 1. The number of pyridine rings is 1. The van der Waals surface area contributed by atoms with Crippen molar-refractivity contribution in [2.45, 2.75) is 24.6 Å². The molecule has 1 atom stereocenters. The molecule has 1 aromatic carbocycles. The predicted octanol–water partition coefficient (Wildman–Crippen LogP) is 2.97. The first-order valence-corrected chi connectivity index (χ1v) is 9.48. The molecule has 136 valence electrons. The summed E-state index contributed by atoms with van der Waals surface area (Å²) in [5, 5.41) is 19.4. The largest absolute Gasteiger partial charge is 0.491 e. The molecule has 0 radical (unpaired) electrons. The summed E-state index contributed by atoms with van der Waals surface area (Å²) < 4.78 is 7.59. The Kier molecular flexibility index (Phi) is 6.25. The molecule has 0 unspecified atom stereocenters. The Bertz CT molecular complexity index is 839. The fraction of sp³-hybridized carbons (Fsp3) is 0.316. The van der Waals surface area contributed by atoms with Gasteiger partial charge in [0, 0.05) is 30.8 Å². The van der Waals surface area contributed by atoms with Gasteiger partial charge in [-0.05, 0) is 36.2 Å². The van der Waals surface area contributed by atoms with Crippen molar-refractivity contribution in [1.29, 1.82) is 0 Å². The molecule has 3 aromatic rings. The van der Waals surface area contributed by atoms with Crippen LogP contribution in [0.4, 0.5) is 0 Å². The Morgan fingerprint density at radius 1 is 1.23 bits per heavy atom. The number of benzene rings is 1. The van der Waals surface area contributed by atoms with Crippen molar-refractivity contribution in [2.75, 3.05) is 12.4 Å². The predicted molar refractivity (Wildman–Crippen MR) is 102 cm³/mol. The highest BCUT2D eigenvalue weighted by atomic mass is 32.2. The summed E-state index contributed by atoms with van der Waals surface area (Å²) in [6.07, 6.45) is 3.85. The van der Waals surface area contributed by atoms with E-state index in [-0.39, 0.29) is 6.61 Å². The monoisotopic (exact) mass is 370 g/mol. The van der Waals surface area contributed by atoms with Gasteiger partial charge in [-0.15, -0.1) is 10.2 Å². The zero-order valence-electron chi connectivity index (χ0n) is 14.9. The number of aromatic nitrogens is 4. The van der Waals surface area contributed by atoms with Crippen molar-refractivity contribution < 1.29 is 9.84 Å². The van der Waals surface area contributed by atoms with E-state index in [0.717, 1.165) is 28.7 Å². The number of aryl methyl sites for hydroxylation is 1. The highest BCUT2D eigenvalue weighted by Gasteiger charge is 2.14. The number of hydrogen-bond donors (Lipinski definition) is 1. The molecule has 1 N–H and O–H groups in total. The van der Waals surface area contributed by atoms with Crippen LogP contribution < -0.4 is 4.74 Å². The molecule has 0 aliphatic rings. The van der Waals surface area contributed by atoms with E-state index >= 15 is 0 Å². The Morgan fingerprint density at radius 3 is 2.88 bits per heavy atom. The van der Waals surface area contributed by atoms with Crippen LogP contribution in [0.1, 0.15) is 12.5 Å². The Hall–Kier alpha value is -2.38. The Balaban J connectivity index is 1.53. The molecule has 0 saturated heterocycles. The lowest BCUT2D eigenvalue weighted by Gasteiger charge is -2.12. The lowest BCUT2D eigenvalue weighted by atomic mass is 10.2. The molecular formula is C19H22N4O2S. The average molecular weight is 370 g/mol. The zero-order valence-corrected chi connectivity index (χ0v) is 15.7. The molecule has 0 saturated carbocycles. The molecule has 26 heavy (non-hydrogen) atoms. The summed E-state index contributed by atoms with van der Waals surface area (Å²) >= 11 is 1.45. The van der Waals surface area contributed by atoms with Crippen molar-refractivity contribution in [1.82, 2.24) is 19.7 Å². The molecule has 0 aliphatic heterocycles. The molecule has 6 nitrogen and oxygen atoms in total. The van der Waals surface area contributed by atoms with Crippen LogP contribution in [0.2, 0.25) is 0 Å². The standard InChI is InChI=1S/C19H22N4O2S/c1-3-14-6-4-8-17(10-14)25-12-16(24)13-26-19-22-21-18(23(19)2)15-7-5-9-20-11-15/h4-11,16,24H,3,12-13H2,1-2H3/t16-/m0/s1. The van der Waals surface area contributed by atoms with E-state index in [1.165, 1.54) is 17.3 Å². The van der Waals surface area contributed by atoms with E-state index in [4.69, 9.17) is 4.74 Å². The molecule has 3 rings (SSSR count). The molecule has 2 heterocycles. The second-order valence-electron chi connectivity index (χ2n) is 5.88. The molecule has 0 fully saturated rings. The van der Waals surface area contributed by atoms with E-state index in [1.54, 1.807) is 12.4 Å². The third-order valence-corrected chi connectivity index (χ3v) is 5.07. The lowest BCUT2D eigenvalue weighted by molar-refractivity contribution is 0.126. The van der Waals surface area contributed by atoms with Gasteiger partial charge in [0.25, 0.3) is 0 Å². The van der Waals surface area contributed by atoms with Crippen LogP contribution in [0.3, 0.4) is 0 Å². The van der Waals surface area contributed by atoms with Crippen LogP contribution in [0, 0.1) is 0 Å². The van der Waals surface area contributed by atoms with Gasteiger partial charge in [-0.25, -0.2) is 0 Å². The smallest absolute Gasteiger partial charge is 0.191 e. The van der Waals surface area contributed by atoms with Crippen molar-refractivity contribution in [3.63, 3.8) is 0 Å². The Labute approximate surface area is 157 Å². The topological polar surface area (TPSA) is 73.1 Å². The molecule has 2 aromatic heterocycles. The van der Waals surface area contributed by atoms with Gasteiger partial charge in [-0.2, -0.15) is 0 Å². The maximum absolute atomic E-state index is 10.2. The van der Waals surface area contributed by atoms with Crippen LogP contribution in [0.25, 0.3) is 11.4 Å². The zero-order chi connectivity index (χ0) is 18.4. The summed E-state index contributed by atoms with van der Waals surface area (Å²) in [6, 6.07) is 11.7. The maximum atomic E-state index is 10.2. The third-order valence-electron chi connectivity index (χ3n) is 3.91. The summed E-state index contributed by atoms with van der Waals surface area (Å²) in [7, 11) is 1.91. The highest BCUT2D eigenvalue weighted by Crippen LogP contribution is 2.22. The first kappa shape index (κ1) is 18.4. The first-order chi connectivity index (χ1) is 12.7. The van der Waals surface area contributed by atoms with Crippen molar-refractivity contribution in [2.24, 2.45) is 7.05 Å². The van der Waals surface area contributed by atoms with Crippen LogP contribution >= 0.6 is 11.8 Å². The van der Waals surface area contributed by atoms with Crippen LogP contribution in [0.15, 0.2) is 53.9 Å². The highest BCUT2D eigenvalue weighted by molar-refractivity contribution is 7.99. The second kappa shape index (κ2) is 8.82. The van der Waals surface area contributed by atoms with Gasteiger partial charge in [-0.3, -0.25) is 4.98 Å². The van der Waals surface area contributed by atoms with E-state index in [9.17, 15) is 5.11 Å². The van der Waals surface area contributed by atoms with Crippen LogP contribution in [-0.4, -0.2) is 43.3 Å². The number of nitrogens with zero attached hydrogens (tertiary/aromatic N) is 4. The normalized spacial score (nSPS) is 12.1. The number of rotatable bonds is 8. The summed E-state index contributed by atoms with van der Waals surface area (Å²) in [6.45, 7) is 2.35. The van der Waals surface area contributed by atoms with Crippen LogP contribution in [-0.2, 0) is 13.5 Å². The van der Waals surface area contributed by atoms with Crippen molar-refractivity contribution in [3.8, 4) is 17.1 Å². The maximum Gasteiger partial charge on any atom is 0.191 e. The SMILES string of the molecule is CCc1cccc(OC[C@H](O)CSc2nnc(-c3cccnc3)n2C)c1. The second-order valence-corrected chi connectivity index (χ2v) is 6.87. The first-order valence-electron chi connectivity index (χ1n) is 8.49. The number of thioether (sulfide) groups is 1. The summed E-state index contributed by atoms with van der Waals surface area (Å²) in [5.41, 5.74) is 2.13. The number of ether oxygens (including phenoxy) is 1. The van der Waals surface area contributed by atoms with Gasteiger partial charge < -0.3 is 14.4 Å². The molecule has 7 heteroatoms. The van der Waals surface area contributed by atoms with Crippen molar-refractivity contribution >= 4 is 11.8 Å². The van der Waals surface area contributed by atoms with Crippen molar-refractivity contribution in [3.05, 3.63) is 54.4 Å². The molecule has 0 aliphatic carbocycles. The summed E-state index contributed by atoms with van der Waals surface area (Å²) in [4.78, 5) is 4.11. The van der Waals surface area contributed by atoms with Gasteiger partial charge in [0.1, 0.15) is 12.4 Å². The number of hydrogen-bond acceptors (Lipinski definition) is 6. The van der Waals surface area contributed by atoms with E-state index in [2.05, 4.69) is 28.2 Å². The van der Waals surface area contributed by atoms with Crippen LogP contribution in [0.5, 0.6) is 5.75 Å². The van der Waals surface area contributed by atoms with Gasteiger partial charge in [0.05, 0.1) is 6.10 Å². The van der Waals surface area contributed by atoms with Gasteiger partial charge in [0.2, 0.25) is 0 Å². The number of aliphatic hydroxyl groups excluding tert-OH is 1. The van der Waals surface area contributed by atoms with E-state index in [0.29, 0.717) is 5.75 Å². The fourth-order valence-electron chi connectivity index (χ4n) is 2.45. The minimum atomic E-state index is -0.594. The fourth-order valence-corrected chi connectivity index (χ4v) is 3.27. The van der Waals surface area contributed by atoms with E-state index < -0.39 is 6.10 Å². The van der Waals surface area contributed by atoms with Gasteiger partial charge in [0.15, 0.2) is 11.0 Å².